The number of rotatable bonds is 1. The van der Waals surface area contributed by atoms with Crippen LogP contribution in [0.15, 0.2) is 35.4 Å². The molecule has 0 radical (unpaired) electrons. The molecule has 4 heteroatoms. The van der Waals surface area contributed by atoms with E-state index in [1.807, 2.05) is 45.0 Å². The van der Waals surface area contributed by atoms with Gasteiger partial charge in [0.1, 0.15) is 0 Å². The molecule has 1 unspecified atom stereocenters. The van der Waals surface area contributed by atoms with Crippen LogP contribution < -0.4 is 0 Å². The second-order valence-electron chi connectivity index (χ2n) is 4.61. The van der Waals surface area contributed by atoms with Gasteiger partial charge in [0.05, 0.1) is 27.4 Å². The molecule has 0 saturated heterocycles. The van der Waals surface area contributed by atoms with Crippen LogP contribution in [0.2, 0.25) is 0 Å². The summed E-state index contributed by atoms with van der Waals surface area (Å²) in [4.78, 5) is 0.762. The van der Waals surface area contributed by atoms with E-state index in [9.17, 15) is 4.21 Å². The molecule has 84 valence electrons. The van der Waals surface area contributed by atoms with Gasteiger partial charge in [-0.15, -0.1) is 0 Å². The van der Waals surface area contributed by atoms with Gasteiger partial charge in [0.25, 0.3) is 0 Å². The number of hydrogen-bond donors (Lipinski definition) is 0. The molecule has 0 fully saturated rings. The Morgan fingerprint density at radius 3 is 2.56 bits per heavy atom. The topological polar surface area (TPSA) is 42.9 Å². The first kappa shape index (κ1) is 11.2. The Labute approximate surface area is 97.4 Å². The molecule has 1 atom stereocenters. The van der Waals surface area contributed by atoms with E-state index in [2.05, 4.69) is 10.2 Å². The van der Waals surface area contributed by atoms with Crippen molar-refractivity contribution in [3.05, 3.63) is 30.5 Å². The fourth-order valence-electron chi connectivity index (χ4n) is 1.46. The predicted molar refractivity (Wildman–Crippen MR) is 65.7 cm³/mol. The highest BCUT2D eigenvalue weighted by Crippen LogP contribution is 2.25. The fraction of sp³-hybridized carbons (Fsp3) is 0.333. The number of benzene rings is 1. The number of fused-ring (bicyclic) bond motifs is 1. The molecule has 1 aromatic heterocycles. The summed E-state index contributed by atoms with van der Waals surface area (Å²) in [5.41, 5.74) is 0.789. The van der Waals surface area contributed by atoms with Crippen molar-refractivity contribution in [2.75, 3.05) is 0 Å². The van der Waals surface area contributed by atoms with E-state index in [0.29, 0.717) is 0 Å². The summed E-state index contributed by atoms with van der Waals surface area (Å²) in [7, 11) is -1.08. The number of nitrogens with zero attached hydrogens (tertiary/aromatic N) is 2. The molecule has 3 nitrogen and oxygen atoms in total. The van der Waals surface area contributed by atoms with Crippen LogP contribution in [-0.2, 0) is 10.8 Å². The van der Waals surface area contributed by atoms with E-state index >= 15 is 0 Å². The Morgan fingerprint density at radius 2 is 1.88 bits per heavy atom. The monoisotopic (exact) mass is 234 g/mol. The van der Waals surface area contributed by atoms with Gasteiger partial charge in [-0.25, -0.2) is 0 Å². The molecule has 2 rings (SSSR count). The van der Waals surface area contributed by atoms with Gasteiger partial charge < -0.3 is 0 Å². The molecule has 0 amide bonds. The highest BCUT2D eigenvalue weighted by Gasteiger charge is 2.23. The lowest BCUT2D eigenvalue weighted by atomic mass is 10.2. The van der Waals surface area contributed by atoms with Gasteiger partial charge in [0, 0.05) is 10.1 Å². The summed E-state index contributed by atoms with van der Waals surface area (Å²) in [6, 6.07) is 7.64. The van der Waals surface area contributed by atoms with Crippen LogP contribution >= 0.6 is 0 Å². The molecule has 1 heterocycles. The SMILES string of the molecule is CC(C)(C)S(=O)c1cnnc2ccccc12. The van der Waals surface area contributed by atoms with Gasteiger partial charge in [-0.1, -0.05) is 18.2 Å². The first-order valence-corrected chi connectivity index (χ1v) is 6.27. The Hall–Kier alpha value is -1.29. The van der Waals surface area contributed by atoms with Crippen molar-refractivity contribution >= 4 is 21.7 Å². The minimum Gasteiger partial charge on any atom is -0.254 e. The van der Waals surface area contributed by atoms with Crippen molar-refractivity contribution in [2.24, 2.45) is 0 Å². The first-order chi connectivity index (χ1) is 7.50. The molecule has 2 aromatic rings. The average molecular weight is 234 g/mol. The quantitative estimate of drug-likeness (QED) is 0.761. The molecular weight excluding hydrogens is 220 g/mol. The third-order valence-electron chi connectivity index (χ3n) is 2.27. The van der Waals surface area contributed by atoms with E-state index < -0.39 is 10.8 Å². The molecule has 1 aromatic carbocycles. The van der Waals surface area contributed by atoms with Crippen LogP contribution in [-0.4, -0.2) is 19.2 Å². The highest BCUT2D eigenvalue weighted by atomic mass is 32.2. The molecule has 0 aliphatic carbocycles. The maximum atomic E-state index is 12.3. The van der Waals surface area contributed by atoms with Crippen molar-refractivity contribution in [3.8, 4) is 0 Å². The van der Waals surface area contributed by atoms with Gasteiger partial charge in [-0.2, -0.15) is 10.2 Å². The van der Waals surface area contributed by atoms with Crippen molar-refractivity contribution in [2.45, 2.75) is 30.4 Å². The van der Waals surface area contributed by atoms with Crippen LogP contribution in [0.25, 0.3) is 10.9 Å². The molecule has 16 heavy (non-hydrogen) atoms. The molecule has 0 spiro atoms. The zero-order valence-corrected chi connectivity index (χ0v) is 10.4. The minimum atomic E-state index is -1.08. The first-order valence-electron chi connectivity index (χ1n) is 5.12. The van der Waals surface area contributed by atoms with Gasteiger partial charge in [-0.3, -0.25) is 4.21 Å². The van der Waals surface area contributed by atoms with E-state index in [1.54, 1.807) is 6.20 Å². The van der Waals surface area contributed by atoms with Crippen LogP contribution in [0.1, 0.15) is 20.8 Å². The second-order valence-corrected chi connectivity index (χ2v) is 6.81. The molecule has 0 aliphatic heterocycles. The third-order valence-corrected chi connectivity index (χ3v) is 4.10. The Balaban J connectivity index is 2.66. The lowest BCUT2D eigenvalue weighted by Crippen LogP contribution is -2.22. The summed E-state index contributed by atoms with van der Waals surface area (Å²) >= 11 is 0. The normalized spacial score (nSPS) is 13.9. The second kappa shape index (κ2) is 3.94. The molecule has 0 aliphatic rings. The van der Waals surface area contributed by atoms with E-state index in [1.165, 1.54) is 0 Å². The maximum absolute atomic E-state index is 12.3. The van der Waals surface area contributed by atoms with E-state index in [0.717, 1.165) is 15.8 Å². The third kappa shape index (κ3) is 1.97. The predicted octanol–water partition coefficient (Wildman–Crippen LogP) is 2.54. The van der Waals surface area contributed by atoms with E-state index in [4.69, 9.17) is 0 Å². The summed E-state index contributed by atoms with van der Waals surface area (Å²) in [6.07, 6.45) is 1.60. The largest absolute Gasteiger partial charge is 0.254 e. The highest BCUT2D eigenvalue weighted by molar-refractivity contribution is 7.86. The standard InChI is InChI=1S/C12H14N2OS/c1-12(2,3)16(15)11-8-13-14-10-7-5-4-6-9(10)11/h4-8H,1-3H3. The van der Waals surface area contributed by atoms with Crippen molar-refractivity contribution in [1.29, 1.82) is 0 Å². The van der Waals surface area contributed by atoms with Crippen LogP contribution in [0, 0.1) is 0 Å². The Morgan fingerprint density at radius 1 is 1.19 bits per heavy atom. The average Bonchev–Trinajstić information content (AvgIpc) is 2.26. The molecule has 0 saturated carbocycles. The van der Waals surface area contributed by atoms with Gasteiger partial charge in [-0.05, 0) is 26.8 Å². The fourth-order valence-corrected chi connectivity index (χ4v) is 2.63. The Kier molecular flexibility index (Phi) is 2.76. The molecular formula is C12H14N2OS. The number of aromatic nitrogens is 2. The molecule has 0 bridgehead atoms. The van der Waals surface area contributed by atoms with Crippen molar-refractivity contribution in [3.63, 3.8) is 0 Å². The van der Waals surface area contributed by atoms with Crippen LogP contribution in [0.3, 0.4) is 0 Å². The van der Waals surface area contributed by atoms with Gasteiger partial charge >= 0.3 is 0 Å². The summed E-state index contributed by atoms with van der Waals surface area (Å²) < 4.78 is 12.0. The van der Waals surface area contributed by atoms with Crippen LogP contribution in [0.5, 0.6) is 0 Å². The summed E-state index contributed by atoms with van der Waals surface area (Å²) in [5.74, 6) is 0. The Bertz CT molecular complexity index is 541. The van der Waals surface area contributed by atoms with Gasteiger partial charge in [0.15, 0.2) is 0 Å². The molecule has 0 N–H and O–H groups in total. The van der Waals surface area contributed by atoms with Crippen molar-refractivity contribution in [1.82, 2.24) is 10.2 Å². The minimum absolute atomic E-state index is 0.286. The summed E-state index contributed by atoms with van der Waals surface area (Å²) in [6.45, 7) is 5.87. The van der Waals surface area contributed by atoms with E-state index in [-0.39, 0.29) is 4.75 Å². The van der Waals surface area contributed by atoms with Crippen LogP contribution in [0.4, 0.5) is 0 Å². The van der Waals surface area contributed by atoms with Crippen molar-refractivity contribution < 1.29 is 4.21 Å². The summed E-state index contributed by atoms with van der Waals surface area (Å²) in [5, 5.41) is 8.85. The lowest BCUT2D eigenvalue weighted by molar-refractivity contribution is 0.649. The smallest absolute Gasteiger partial charge is 0.0941 e. The zero-order chi connectivity index (χ0) is 11.8. The lowest BCUT2D eigenvalue weighted by Gasteiger charge is -2.18. The zero-order valence-electron chi connectivity index (χ0n) is 9.60. The maximum Gasteiger partial charge on any atom is 0.0941 e. The van der Waals surface area contributed by atoms with Gasteiger partial charge in [0.2, 0.25) is 0 Å². The number of hydrogen-bond acceptors (Lipinski definition) is 3.